The number of sulfonamides is 1. The third-order valence-corrected chi connectivity index (χ3v) is 5.42. The summed E-state index contributed by atoms with van der Waals surface area (Å²) < 4.78 is 52.1. The first-order valence-corrected chi connectivity index (χ1v) is 10.3. The molecule has 1 N–H and O–H groups in total. The largest absolute Gasteiger partial charge is 0.507 e. The average molecular weight is 400 g/mol. The van der Waals surface area contributed by atoms with Gasteiger partial charge >= 0.3 is 0 Å². The molecule has 0 saturated heterocycles. The van der Waals surface area contributed by atoms with Crippen molar-refractivity contribution in [1.29, 1.82) is 0 Å². The highest BCUT2D eigenvalue weighted by Gasteiger charge is 2.35. The number of anilines is 1. The highest BCUT2D eigenvalue weighted by molar-refractivity contribution is 9.10. The van der Waals surface area contributed by atoms with E-state index in [4.69, 9.17) is 4.18 Å². The van der Waals surface area contributed by atoms with Crippen LogP contribution in [-0.2, 0) is 24.3 Å². The summed E-state index contributed by atoms with van der Waals surface area (Å²) in [5, 5.41) is 9.72. The number of phenols is 1. The number of rotatable bonds is 4. The number of halogens is 1. The predicted molar refractivity (Wildman–Crippen MR) is 81.5 cm³/mol. The van der Waals surface area contributed by atoms with Gasteiger partial charge in [-0.25, -0.2) is 8.42 Å². The number of phenolic OH excluding ortho intramolecular Hbond substituents is 1. The summed E-state index contributed by atoms with van der Waals surface area (Å²) in [7, 11) is -7.14. The van der Waals surface area contributed by atoms with Gasteiger partial charge in [-0.15, -0.1) is 0 Å². The molecule has 1 heterocycles. The first-order valence-electron chi connectivity index (χ1n) is 5.83. The van der Waals surface area contributed by atoms with E-state index in [1.165, 1.54) is 6.07 Å². The molecule has 1 aromatic carbocycles. The maximum Gasteiger partial charge on any atom is 0.264 e. The number of benzene rings is 1. The fourth-order valence-corrected chi connectivity index (χ4v) is 3.91. The minimum absolute atomic E-state index is 0.0690. The zero-order chi connectivity index (χ0) is 16.0. The molecular weight excluding hydrogens is 386 g/mol. The minimum Gasteiger partial charge on any atom is -0.507 e. The first kappa shape index (κ1) is 16.5. The molecule has 118 valence electrons. The summed E-state index contributed by atoms with van der Waals surface area (Å²) in [5.41, 5.74) is 0.939. The van der Waals surface area contributed by atoms with Crippen molar-refractivity contribution in [2.24, 2.45) is 0 Å². The van der Waals surface area contributed by atoms with Crippen molar-refractivity contribution in [2.75, 3.05) is 30.0 Å². The lowest BCUT2D eigenvalue weighted by molar-refractivity contribution is 0.300. The van der Waals surface area contributed by atoms with Gasteiger partial charge in [0.25, 0.3) is 10.1 Å². The maximum atomic E-state index is 11.8. The molecule has 0 aromatic heterocycles. The molecule has 21 heavy (non-hydrogen) atoms. The van der Waals surface area contributed by atoms with Gasteiger partial charge in [0.2, 0.25) is 10.0 Å². The van der Waals surface area contributed by atoms with Crippen LogP contribution in [0.3, 0.4) is 0 Å². The molecule has 0 aliphatic carbocycles. The Morgan fingerprint density at radius 1 is 1.33 bits per heavy atom. The topological polar surface area (TPSA) is 101 Å². The van der Waals surface area contributed by atoms with Crippen LogP contribution in [0.2, 0.25) is 0 Å². The molecule has 1 aliphatic rings. The highest BCUT2D eigenvalue weighted by atomic mass is 79.9. The Kier molecular flexibility index (Phi) is 4.26. The van der Waals surface area contributed by atoms with Gasteiger partial charge in [-0.2, -0.15) is 8.42 Å². The van der Waals surface area contributed by atoms with Crippen molar-refractivity contribution in [3.63, 3.8) is 0 Å². The lowest BCUT2D eigenvalue weighted by Crippen LogP contribution is -2.29. The van der Waals surface area contributed by atoms with Crippen LogP contribution in [0.15, 0.2) is 16.6 Å². The smallest absolute Gasteiger partial charge is 0.264 e. The Bertz CT molecular complexity index is 774. The van der Waals surface area contributed by atoms with Crippen molar-refractivity contribution in [3.05, 3.63) is 22.2 Å². The van der Waals surface area contributed by atoms with Crippen molar-refractivity contribution in [2.45, 2.75) is 5.92 Å². The summed E-state index contributed by atoms with van der Waals surface area (Å²) >= 11 is 3.16. The van der Waals surface area contributed by atoms with Gasteiger partial charge in [0, 0.05) is 18.5 Å². The van der Waals surface area contributed by atoms with E-state index >= 15 is 0 Å². The molecule has 1 atom stereocenters. The molecule has 2 rings (SSSR count). The van der Waals surface area contributed by atoms with Crippen molar-refractivity contribution in [3.8, 4) is 5.75 Å². The lowest BCUT2D eigenvalue weighted by atomic mass is 10.0. The monoisotopic (exact) mass is 399 g/mol. The summed E-state index contributed by atoms with van der Waals surface area (Å²) in [5.74, 6) is -0.520. The zero-order valence-corrected chi connectivity index (χ0v) is 14.5. The van der Waals surface area contributed by atoms with Crippen LogP contribution in [-0.4, -0.2) is 47.6 Å². The second-order valence-corrected chi connectivity index (χ2v) is 9.25. The van der Waals surface area contributed by atoms with Crippen LogP contribution in [0.5, 0.6) is 5.75 Å². The fraction of sp³-hybridized carbons (Fsp3) is 0.455. The van der Waals surface area contributed by atoms with Gasteiger partial charge in [0.15, 0.2) is 0 Å². The van der Waals surface area contributed by atoms with E-state index < -0.39 is 26.1 Å². The Balaban J connectivity index is 2.44. The average Bonchev–Trinajstić information content (AvgIpc) is 2.64. The summed E-state index contributed by atoms with van der Waals surface area (Å²) in [6.45, 7) is -0.0886. The Morgan fingerprint density at radius 2 is 1.95 bits per heavy atom. The van der Waals surface area contributed by atoms with E-state index in [1.807, 2.05) is 0 Å². The third kappa shape index (κ3) is 3.68. The molecule has 1 aliphatic heterocycles. The molecular formula is C11H14BrNO6S2. The van der Waals surface area contributed by atoms with Crippen molar-refractivity contribution >= 4 is 41.8 Å². The standard InChI is InChI=1S/C11H14BrNO6S2/c1-20(15,16)13-5-7(6-19-21(2,17)18)8-3-9(12)11(14)4-10(8)13/h3-4,7,14H,5-6H2,1-2H3. The predicted octanol–water partition coefficient (Wildman–Crippen LogP) is 0.994. The number of nitrogens with zero attached hydrogens (tertiary/aromatic N) is 1. The molecule has 1 unspecified atom stereocenters. The quantitative estimate of drug-likeness (QED) is 0.757. The number of aromatic hydroxyl groups is 1. The van der Waals surface area contributed by atoms with Gasteiger partial charge in [-0.05, 0) is 27.6 Å². The maximum absolute atomic E-state index is 11.8. The number of fused-ring (bicyclic) bond motifs is 1. The lowest BCUT2D eigenvalue weighted by Gasteiger charge is -2.17. The van der Waals surface area contributed by atoms with Crippen LogP contribution < -0.4 is 4.31 Å². The van der Waals surface area contributed by atoms with Crippen molar-refractivity contribution in [1.82, 2.24) is 0 Å². The number of hydrogen-bond acceptors (Lipinski definition) is 6. The molecule has 0 fully saturated rings. The van der Waals surface area contributed by atoms with Crippen LogP contribution in [0.1, 0.15) is 11.5 Å². The van der Waals surface area contributed by atoms with E-state index in [2.05, 4.69) is 15.9 Å². The van der Waals surface area contributed by atoms with Crippen LogP contribution in [0.4, 0.5) is 5.69 Å². The molecule has 1 aromatic rings. The Labute approximate surface area is 131 Å². The van der Waals surface area contributed by atoms with Gasteiger partial charge in [-0.3, -0.25) is 8.49 Å². The van der Waals surface area contributed by atoms with E-state index in [0.717, 1.165) is 16.8 Å². The van der Waals surface area contributed by atoms with Gasteiger partial charge < -0.3 is 5.11 Å². The second-order valence-electron chi connectivity index (χ2n) is 4.84. The van der Waals surface area contributed by atoms with Gasteiger partial charge in [0.05, 0.1) is 29.3 Å². The van der Waals surface area contributed by atoms with E-state index in [1.54, 1.807) is 6.07 Å². The Hall–Kier alpha value is -0.840. The molecule has 7 nitrogen and oxygen atoms in total. The second kappa shape index (κ2) is 5.41. The first-order chi connectivity index (χ1) is 9.49. The van der Waals surface area contributed by atoms with E-state index in [-0.39, 0.29) is 18.9 Å². The van der Waals surface area contributed by atoms with E-state index in [0.29, 0.717) is 15.7 Å². The normalized spacial score (nSPS) is 18.8. The third-order valence-electron chi connectivity index (χ3n) is 3.07. The van der Waals surface area contributed by atoms with E-state index in [9.17, 15) is 21.9 Å². The van der Waals surface area contributed by atoms with Gasteiger partial charge in [-0.1, -0.05) is 0 Å². The fourth-order valence-electron chi connectivity index (χ4n) is 2.17. The van der Waals surface area contributed by atoms with Crippen LogP contribution in [0, 0.1) is 0 Å². The summed E-state index contributed by atoms with van der Waals surface area (Å²) in [6.07, 6.45) is 1.99. The van der Waals surface area contributed by atoms with Crippen molar-refractivity contribution < 1.29 is 26.1 Å². The molecule has 0 saturated carbocycles. The summed E-state index contributed by atoms with van der Waals surface area (Å²) in [4.78, 5) is 0. The summed E-state index contributed by atoms with van der Waals surface area (Å²) in [6, 6.07) is 2.91. The molecule has 0 radical (unpaired) electrons. The van der Waals surface area contributed by atoms with Crippen LogP contribution >= 0.6 is 15.9 Å². The molecule has 0 spiro atoms. The van der Waals surface area contributed by atoms with Crippen LogP contribution in [0.25, 0.3) is 0 Å². The SMILES string of the molecule is CS(=O)(=O)OCC1CN(S(C)(=O)=O)c2cc(O)c(Br)cc21. The molecule has 0 bridgehead atoms. The zero-order valence-electron chi connectivity index (χ0n) is 11.3. The highest BCUT2D eigenvalue weighted by Crippen LogP contribution is 2.43. The Morgan fingerprint density at radius 3 is 2.48 bits per heavy atom. The minimum atomic E-state index is -3.61. The number of hydrogen-bond donors (Lipinski definition) is 1. The van der Waals surface area contributed by atoms with Gasteiger partial charge in [0.1, 0.15) is 5.75 Å². The molecule has 10 heteroatoms. The molecule has 0 amide bonds.